The van der Waals surface area contributed by atoms with Crippen LogP contribution in [0, 0.1) is 6.92 Å². The summed E-state index contributed by atoms with van der Waals surface area (Å²) in [5.41, 5.74) is 1.87. The van der Waals surface area contributed by atoms with Crippen LogP contribution in [0.2, 0.25) is 5.02 Å². The average Bonchev–Trinajstić information content (AvgIpc) is 3.45. The number of carbonyl (C=O) groups is 1. The molecule has 0 bridgehead atoms. The van der Waals surface area contributed by atoms with Gasteiger partial charge in [0, 0.05) is 44.0 Å². The van der Waals surface area contributed by atoms with Crippen LogP contribution in [-0.4, -0.2) is 61.8 Å². The lowest BCUT2D eigenvalue weighted by Gasteiger charge is -2.22. The summed E-state index contributed by atoms with van der Waals surface area (Å²) in [5.74, 6) is 0.379. The molecule has 9 nitrogen and oxygen atoms in total. The zero-order valence-corrected chi connectivity index (χ0v) is 20.6. The number of carbonyl (C=O) groups excluding carboxylic acids is 1. The van der Waals surface area contributed by atoms with Gasteiger partial charge in [-0.2, -0.15) is 5.10 Å². The van der Waals surface area contributed by atoms with E-state index in [1.54, 1.807) is 30.0 Å². The quantitative estimate of drug-likeness (QED) is 0.518. The molecule has 0 radical (unpaired) electrons. The summed E-state index contributed by atoms with van der Waals surface area (Å²) >= 11 is 6.28. The van der Waals surface area contributed by atoms with Gasteiger partial charge in [0.2, 0.25) is 11.8 Å². The van der Waals surface area contributed by atoms with Crippen LogP contribution in [0.3, 0.4) is 0 Å². The molecule has 3 aromatic rings. The molecule has 186 valence electrons. The van der Waals surface area contributed by atoms with Crippen LogP contribution < -0.4 is 10.1 Å². The summed E-state index contributed by atoms with van der Waals surface area (Å²) in [5, 5.41) is 7.86. The van der Waals surface area contributed by atoms with E-state index in [0.29, 0.717) is 46.6 Å². The van der Waals surface area contributed by atoms with Crippen molar-refractivity contribution < 1.29 is 18.3 Å². The molecule has 1 amide bonds. The van der Waals surface area contributed by atoms with Crippen LogP contribution >= 0.6 is 11.6 Å². The normalized spacial score (nSPS) is 16.6. The fraction of sp³-hybridized carbons (Fsp3) is 0.435. The maximum absolute atomic E-state index is 13.1. The van der Waals surface area contributed by atoms with Crippen molar-refractivity contribution in [3.63, 3.8) is 0 Å². The molecule has 1 N–H and O–H groups in total. The first-order valence-corrected chi connectivity index (χ1v) is 11.5. The largest absolute Gasteiger partial charge is 0.481 e. The maximum Gasteiger partial charge on any atom is 0.297 e. The van der Waals surface area contributed by atoms with Gasteiger partial charge in [-0.25, -0.2) is 28.4 Å². The van der Waals surface area contributed by atoms with Gasteiger partial charge in [-0.15, -0.1) is 0 Å². The molecule has 0 aliphatic carbocycles. The monoisotopic (exact) mass is 505 g/mol. The average molecular weight is 506 g/mol. The van der Waals surface area contributed by atoms with Crippen molar-refractivity contribution >= 4 is 23.3 Å². The molecule has 0 spiro atoms. The van der Waals surface area contributed by atoms with E-state index in [9.17, 15) is 13.6 Å². The molecule has 4 heterocycles. The number of aryl methyl sites for hydroxylation is 2. The molecule has 1 aliphatic rings. The molecule has 1 fully saturated rings. The maximum atomic E-state index is 13.1. The fourth-order valence-corrected chi connectivity index (χ4v) is 4.42. The highest BCUT2D eigenvalue weighted by Gasteiger charge is 2.31. The Kier molecular flexibility index (Phi) is 7.15. The second-order valence-corrected chi connectivity index (χ2v) is 8.84. The number of halogens is 3. The Morgan fingerprint density at radius 2 is 2.09 bits per heavy atom. The number of amides is 1. The molecule has 4 rings (SSSR count). The first kappa shape index (κ1) is 24.8. The number of aromatic nitrogens is 5. The lowest BCUT2D eigenvalue weighted by molar-refractivity contribution is -0.131. The topological polar surface area (TPSA) is 98.1 Å². The second kappa shape index (κ2) is 10.1. The van der Waals surface area contributed by atoms with Crippen molar-refractivity contribution in [2.75, 3.05) is 25.5 Å². The molecular weight excluding hydrogens is 480 g/mol. The van der Waals surface area contributed by atoms with Gasteiger partial charge in [0.1, 0.15) is 5.82 Å². The number of methoxy groups -OCH3 is 1. The lowest BCUT2D eigenvalue weighted by atomic mass is 10.0. The van der Waals surface area contributed by atoms with Crippen LogP contribution in [0.25, 0.3) is 11.4 Å². The van der Waals surface area contributed by atoms with Crippen molar-refractivity contribution in [2.24, 2.45) is 7.05 Å². The van der Waals surface area contributed by atoms with Crippen molar-refractivity contribution in [3.8, 4) is 17.3 Å². The van der Waals surface area contributed by atoms with E-state index < -0.39 is 18.2 Å². The minimum absolute atomic E-state index is 0.0183. The van der Waals surface area contributed by atoms with Gasteiger partial charge < -0.3 is 15.0 Å². The minimum Gasteiger partial charge on any atom is -0.481 e. The van der Waals surface area contributed by atoms with Crippen LogP contribution in [0.5, 0.6) is 5.88 Å². The third-order valence-electron chi connectivity index (χ3n) is 6.08. The first-order valence-electron chi connectivity index (χ1n) is 11.1. The molecule has 1 aliphatic heterocycles. The summed E-state index contributed by atoms with van der Waals surface area (Å²) in [6, 6.07) is 5.22. The summed E-state index contributed by atoms with van der Waals surface area (Å²) in [7, 11) is 2.95. The van der Waals surface area contributed by atoms with Crippen molar-refractivity contribution in [1.29, 1.82) is 0 Å². The molecular formula is C23H26ClF2N7O2. The zero-order chi connectivity index (χ0) is 25.3. The van der Waals surface area contributed by atoms with Crippen LogP contribution in [0.4, 0.5) is 14.6 Å². The first-order chi connectivity index (χ1) is 16.7. The Hall–Kier alpha value is -3.34. The van der Waals surface area contributed by atoms with Crippen LogP contribution in [0.15, 0.2) is 24.4 Å². The number of hydrogen-bond acceptors (Lipinski definition) is 7. The van der Waals surface area contributed by atoms with Gasteiger partial charge in [-0.3, -0.25) is 4.79 Å². The summed E-state index contributed by atoms with van der Waals surface area (Å²) in [6.45, 7) is 4.72. The van der Waals surface area contributed by atoms with Gasteiger partial charge >= 0.3 is 0 Å². The van der Waals surface area contributed by atoms with Gasteiger partial charge in [0.15, 0.2) is 11.6 Å². The number of rotatable bonds is 7. The SMILES string of the molecule is COc1cc([C@@H](C)C(=O)N2CC[C@H](Nc3ccc(-c4nc(C(F)F)n(C)n4)c(C)n3)C2)c(Cl)cn1. The van der Waals surface area contributed by atoms with E-state index in [1.165, 1.54) is 20.4 Å². The molecule has 0 unspecified atom stereocenters. The number of alkyl halides is 2. The van der Waals surface area contributed by atoms with E-state index >= 15 is 0 Å². The molecule has 12 heteroatoms. The molecule has 35 heavy (non-hydrogen) atoms. The number of hydrogen-bond donors (Lipinski definition) is 1. The zero-order valence-electron chi connectivity index (χ0n) is 19.8. The highest BCUT2D eigenvalue weighted by molar-refractivity contribution is 6.31. The predicted octanol–water partition coefficient (Wildman–Crippen LogP) is 4.00. The smallest absolute Gasteiger partial charge is 0.297 e. The van der Waals surface area contributed by atoms with Gasteiger partial charge in [0.05, 0.1) is 23.7 Å². The Balaban J connectivity index is 1.41. The second-order valence-electron chi connectivity index (χ2n) is 8.43. The Bertz CT molecular complexity index is 1240. The molecule has 2 atom stereocenters. The van der Waals surface area contributed by atoms with Crippen molar-refractivity contribution in [3.05, 3.63) is 46.5 Å². The van der Waals surface area contributed by atoms with Gasteiger partial charge in [-0.05, 0) is 38.0 Å². The number of ether oxygens (including phenoxy) is 1. The minimum atomic E-state index is -2.71. The lowest BCUT2D eigenvalue weighted by Crippen LogP contribution is -2.34. The number of nitrogens with one attached hydrogen (secondary N) is 1. The van der Waals surface area contributed by atoms with E-state index in [1.807, 2.05) is 6.92 Å². The van der Waals surface area contributed by atoms with Crippen LogP contribution in [0.1, 0.15) is 42.8 Å². The Morgan fingerprint density at radius 3 is 2.74 bits per heavy atom. The van der Waals surface area contributed by atoms with E-state index in [2.05, 4.69) is 25.4 Å². The summed E-state index contributed by atoms with van der Waals surface area (Å²) in [4.78, 5) is 27.5. The van der Waals surface area contributed by atoms with Crippen LogP contribution in [-0.2, 0) is 11.8 Å². The number of pyridine rings is 2. The number of likely N-dealkylation sites (tertiary alicyclic amines) is 1. The van der Waals surface area contributed by atoms with E-state index in [0.717, 1.165) is 11.1 Å². The summed E-state index contributed by atoms with van der Waals surface area (Å²) < 4.78 is 32.3. The van der Waals surface area contributed by atoms with Gasteiger partial charge in [0.25, 0.3) is 6.43 Å². The van der Waals surface area contributed by atoms with Gasteiger partial charge in [-0.1, -0.05) is 11.6 Å². The summed E-state index contributed by atoms with van der Waals surface area (Å²) in [6.07, 6.45) is -0.462. The highest BCUT2D eigenvalue weighted by atomic mass is 35.5. The standard InChI is InChI=1S/C23H26ClF2N7O2/c1-12(16-9-19(35-4)27-10-17(16)24)23(34)33-8-7-14(11-33)29-18-6-5-15(13(2)28-18)21-30-22(20(25)26)32(3)31-21/h5-6,9-10,12,14,20H,7-8,11H2,1-4H3,(H,28,29)/t12-,14+/m1/s1. The Morgan fingerprint density at radius 1 is 1.31 bits per heavy atom. The fourth-order valence-electron chi connectivity index (χ4n) is 4.15. The van der Waals surface area contributed by atoms with E-state index in [4.69, 9.17) is 16.3 Å². The third kappa shape index (κ3) is 5.19. The third-order valence-corrected chi connectivity index (χ3v) is 6.39. The van der Waals surface area contributed by atoms with E-state index in [-0.39, 0.29) is 17.8 Å². The number of anilines is 1. The molecule has 1 saturated heterocycles. The Labute approximate surface area is 206 Å². The number of nitrogens with zero attached hydrogens (tertiary/aromatic N) is 6. The predicted molar refractivity (Wildman–Crippen MR) is 127 cm³/mol. The van der Waals surface area contributed by atoms with Crippen molar-refractivity contribution in [2.45, 2.75) is 38.7 Å². The highest BCUT2D eigenvalue weighted by Crippen LogP contribution is 2.30. The molecule has 3 aromatic heterocycles. The molecule has 0 aromatic carbocycles. The molecule has 0 saturated carbocycles. The van der Waals surface area contributed by atoms with Crippen molar-refractivity contribution in [1.82, 2.24) is 29.6 Å².